The number of rotatable bonds is 7. The van der Waals surface area contributed by atoms with Crippen LogP contribution >= 0.6 is 0 Å². The summed E-state index contributed by atoms with van der Waals surface area (Å²) in [6.07, 6.45) is -0.0988. The van der Waals surface area contributed by atoms with Gasteiger partial charge in [-0.1, -0.05) is 25.1 Å². The fourth-order valence-corrected chi connectivity index (χ4v) is 2.47. The van der Waals surface area contributed by atoms with Crippen molar-refractivity contribution in [2.45, 2.75) is 40.2 Å². The van der Waals surface area contributed by atoms with Gasteiger partial charge in [0.05, 0.1) is 12.2 Å². The van der Waals surface area contributed by atoms with Crippen LogP contribution in [0.25, 0.3) is 0 Å². The number of carbonyl (C=O) groups is 2. The molecule has 0 heterocycles. The van der Waals surface area contributed by atoms with Crippen LogP contribution in [-0.4, -0.2) is 24.6 Å². The lowest BCUT2D eigenvalue weighted by molar-refractivity contribution is -0.122. The molecular weight excluding hydrogens is 330 g/mol. The second-order valence-electron chi connectivity index (χ2n) is 6.07. The molecule has 1 N–H and O–H groups in total. The second kappa shape index (κ2) is 9.04. The molecule has 138 valence electrons. The molecule has 2 rings (SSSR count). The maximum Gasteiger partial charge on any atom is 0.338 e. The third-order valence-electron chi connectivity index (χ3n) is 3.92. The van der Waals surface area contributed by atoms with Crippen molar-refractivity contribution in [2.24, 2.45) is 0 Å². The van der Waals surface area contributed by atoms with Crippen LogP contribution in [0.15, 0.2) is 42.5 Å². The fourth-order valence-electron chi connectivity index (χ4n) is 2.47. The Balaban J connectivity index is 2.10. The van der Waals surface area contributed by atoms with Crippen molar-refractivity contribution in [3.63, 3.8) is 0 Å². The van der Waals surface area contributed by atoms with Gasteiger partial charge in [-0.15, -0.1) is 0 Å². The quantitative estimate of drug-likeness (QED) is 0.753. The molecule has 0 saturated carbocycles. The van der Waals surface area contributed by atoms with E-state index >= 15 is 0 Å². The van der Waals surface area contributed by atoms with Crippen LogP contribution in [0, 0.1) is 13.8 Å². The highest BCUT2D eigenvalue weighted by Gasteiger charge is 2.20. The van der Waals surface area contributed by atoms with Gasteiger partial charge in [0.15, 0.2) is 6.10 Å². The zero-order valence-electron chi connectivity index (χ0n) is 15.7. The van der Waals surface area contributed by atoms with Gasteiger partial charge in [-0.25, -0.2) is 4.79 Å². The van der Waals surface area contributed by atoms with Crippen LogP contribution in [0.3, 0.4) is 0 Å². The molecule has 0 bridgehead atoms. The highest BCUT2D eigenvalue weighted by Crippen LogP contribution is 2.22. The van der Waals surface area contributed by atoms with E-state index in [1.165, 1.54) is 0 Å². The fraction of sp³-hybridized carbons (Fsp3) is 0.333. The monoisotopic (exact) mass is 355 g/mol. The lowest BCUT2D eigenvalue weighted by atomic mass is 10.1. The first kappa shape index (κ1) is 19.5. The normalized spacial score (nSPS) is 11.5. The Bertz CT molecular complexity index is 785. The van der Waals surface area contributed by atoms with E-state index < -0.39 is 12.1 Å². The first-order valence-electron chi connectivity index (χ1n) is 8.76. The van der Waals surface area contributed by atoms with E-state index in [1.807, 2.05) is 39.0 Å². The summed E-state index contributed by atoms with van der Waals surface area (Å²) in [6, 6.07) is 12.6. The van der Waals surface area contributed by atoms with Gasteiger partial charge in [0, 0.05) is 5.69 Å². The van der Waals surface area contributed by atoms with E-state index in [-0.39, 0.29) is 5.91 Å². The van der Waals surface area contributed by atoms with Crippen LogP contribution in [-0.2, 0) is 9.53 Å². The number of anilines is 1. The maximum atomic E-state index is 12.6. The van der Waals surface area contributed by atoms with E-state index in [9.17, 15) is 9.59 Å². The summed E-state index contributed by atoms with van der Waals surface area (Å²) in [4.78, 5) is 24.4. The Labute approximate surface area is 154 Å². The molecule has 1 amide bonds. The van der Waals surface area contributed by atoms with Gasteiger partial charge >= 0.3 is 5.97 Å². The first-order valence-corrected chi connectivity index (χ1v) is 8.76. The smallest absolute Gasteiger partial charge is 0.338 e. The summed E-state index contributed by atoms with van der Waals surface area (Å²) < 4.78 is 10.9. The van der Waals surface area contributed by atoms with Gasteiger partial charge in [0.2, 0.25) is 0 Å². The van der Waals surface area contributed by atoms with E-state index in [0.29, 0.717) is 30.0 Å². The molecule has 0 unspecified atom stereocenters. The van der Waals surface area contributed by atoms with Gasteiger partial charge < -0.3 is 14.8 Å². The van der Waals surface area contributed by atoms with Crippen LogP contribution in [0.2, 0.25) is 0 Å². The van der Waals surface area contributed by atoms with Crippen molar-refractivity contribution < 1.29 is 19.1 Å². The van der Waals surface area contributed by atoms with Crippen molar-refractivity contribution >= 4 is 17.6 Å². The number of nitrogens with one attached hydrogen (secondary N) is 1. The Morgan fingerprint density at radius 1 is 1.08 bits per heavy atom. The third-order valence-corrected chi connectivity index (χ3v) is 3.92. The predicted molar refractivity (Wildman–Crippen MR) is 102 cm³/mol. The summed E-state index contributed by atoms with van der Waals surface area (Å²) >= 11 is 0. The predicted octanol–water partition coefficient (Wildman–Crippen LogP) is 4.28. The topological polar surface area (TPSA) is 64.6 Å². The molecule has 0 spiro atoms. The lowest BCUT2D eigenvalue weighted by Crippen LogP contribution is -2.32. The highest BCUT2D eigenvalue weighted by molar-refractivity contribution is 5.96. The van der Waals surface area contributed by atoms with Crippen LogP contribution in [0.5, 0.6) is 5.75 Å². The standard InChI is InChI=1S/C21H25NO4/c1-5-18(26-19-12-14(3)10-11-15(19)4)20(23)22-17-9-7-8-16(13-17)21(24)25-6-2/h7-13,18H,5-6H2,1-4H3,(H,22,23)/t18-/m1/s1. The number of esters is 1. The number of carbonyl (C=O) groups excluding carboxylic acids is 2. The number of hydrogen-bond acceptors (Lipinski definition) is 4. The van der Waals surface area contributed by atoms with Crippen molar-refractivity contribution in [1.29, 1.82) is 0 Å². The number of aryl methyl sites for hydroxylation is 2. The third kappa shape index (κ3) is 5.09. The van der Waals surface area contributed by atoms with Gasteiger partial charge in [0.25, 0.3) is 5.91 Å². The molecule has 2 aromatic carbocycles. The first-order chi connectivity index (χ1) is 12.4. The van der Waals surface area contributed by atoms with Crippen LogP contribution in [0.1, 0.15) is 41.8 Å². The van der Waals surface area contributed by atoms with Crippen molar-refractivity contribution in [1.82, 2.24) is 0 Å². The second-order valence-corrected chi connectivity index (χ2v) is 6.07. The summed E-state index contributed by atoms with van der Waals surface area (Å²) in [7, 11) is 0. The number of benzene rings is 2. The molecule has 5 nitrogen and oxygen atoms in total. The summed E-state index contributed by atoms with van der Waals surface area (Å²) in [5.41, 5.74) is 2.98. The SMILES string of the molecule is CCOC(=O)c1cccc(NC(=O)[C@@H](CC)Oc2cc(C)ccc2C)c1. The average Bonchev–Trinajstić information content (AvgIpc) is 2.62. The molecule has 0 aliphatic heterocycles. The molecule has 0 saturated heterocycles. The number of amides is 1. The summed E-state index contributed by atoms with van der Waals surface area (Å²) in [6.45, 7) is 7.87. The van der Waals surface area contributed by atoms with Gasteiger partial charge in [-0.05, 0) is 62.6 Å². The number of ether oxygens (including phenoxy) is 2. The largest absolute Gasteiger partial charge is 0.480 e. The Morgan fingerprint density at radius 3 is 2.54 bits per heavy atom. The highest BCUT2D eigenvalue weighted by atomic mass is 16.5. The molecule has 2 aromatic rings. The minimum Gasteiger partial charge on any atom is -0.480 e. The van der Waals surface area contributed by atoms with E-state index in [1.54, 1.807) is 31.2 Å². The van der Waals surface area contributed by atoms with Gasteiger partial charge in [0.1, 0.15) is 5.75 Å². The molecule has 26 heavy (non-hydrogen) atoms. The minimum atomic E-state index is -0.623. The summed E-state index contributed by atoms with van der Waals surface area (Å²) in [5.74, 6) is 0.0314. The zero-order chi connectivity index (χ0) is 19.1. The Hall–Kier alpha value is -2.82. The van der Waals surface area contributed by atoms with Crippen LogP contribution in [0.4, 0.5) is 5.69 Å². The average molecular weight is 355 g/mol. The van der Waals surface area contributed by atoms with Crippen molar-refractivity contribution in [3.8, 4) is 5.75 Å². The molecule has 0 aliphatic carbocycles. The van der Waals surface area contributed by atoms with E-state index in [0.717, 1.165) is 11.1 Å². The maximum absolute atomic E-state index is 12.6. The van der Waals surface area contributed by atoms with E-state index in [2.05, 4.69) is 5.32 Å². The molecule has 5 heteroatoms. The molecule has 0 radical (unpaired) electrons. The van der Waals surface area contributed by atoms with Gasteiger partial charge in [-0.2, -0.15) is 0 Å². The Kier molecular flexibility index (Phi) is 6.78. The van der Waals surface area contributed by atoms with Gasteiger partial charge in [-0.3, -0.25) is 4.79 Å². The molecular formula is C21H25NO4. The zero-order valence-corrected chi connectivity index (χ0v) is 15.7. The van der Waals surface area contributed by atoms with Crippen LogP contribution < -0.4 is 10.1 Å². The minimum absolute atomic E-state index is 0.255. The Morgan fingerprint density at radius 2 is 1.85 bits per heavy atom. The van der Waals surface area contributed by atoms with Crippen molar-refractivity contribution in [2.75, 3.05) is 11.9 Å². The number of hydrogen-bond donors (Lipinski definition) is 1. The molecule has 1 atom stereocenters. The summed E-state index contributed by atoms with van der Waals surface area (Å²) in [5, 5.41) is 2.81. The molecule has 0 fully saturated rings. The lowest BCUT2D eigenvalue weighted by Gasteiger charge is -2.19. The molecule has 0 aromatic heterocycles. The van der Waals surface area contributed by atoms with Crippen molar-refractivity contribution in [3.05, 3.63) is 59.2 Å². The molecule has 0 aliphatic rings. The van der Waals surface area contributed by atoms with E-state index in [4.69, 9.17) is 9.47 Å².